The van der Waals surface area contributed by atoms with E-state index in [-0.39, 0.29) is 0 Å². The van der Waals surface area contributed by atoms with Gasteiger partial charge in [-0.15, -0.1) is 0 Å². The van der Waals surface area contributed by atoms with Gasteiger partial charge < -0.3 is 10.2 Å². The quantitative estimate of drug-likeness (QED) is 0.903. The van der Waals surface area contributed by atoms with E-state index in [4.69, 9.17) is 0 Å². The van der Waals surface area contributed by atoms with E-state index in [1.54, 1.807) is 12.1 Å². The minimum Gasteiger partial charge on any atom is -0.367 e. The summed E-state index contributed by atoms with van der Waals surface area (Å²) in [4.78, 5) is 2.79. The van der Waals surface area contributed by atoms with Gasteiger partial charge in [-0.05, 0) is 50.1 Å². The van der Waals surface area contributed by atoms with Crippen molar-refractivity contribution in [3.8, 4) is 0 Å². The molecule has 1 fully saturated rings. The summed E-state index contributed by atoms with van der Waals surface area (Å²) in [5, 5.41) is 3.42. The molecule has 5 heteroatoms. The van der Waals surface area contributed by atoms with Crippen LogP contribution in [0, 0.1) is 0 Å². The van der Waals surface area contributed by atoms with Gasteiger partial charge in [0.1, 0.15) is 0 Å². The van der Waals surface area contributed by atoms with Gasteiger partial charge in [-0.1, -0.05) is 6.92 Å². The Bertz CT molecular complexity index is 525. The van der Waals surface area contributed by atoms with Crippen molar-refractivity contribution >= 4 is 15.5 Å². The third kappa shape index (κ3) is 3.73. The van der Waals surface area contributed by atoms with Gasteiger partial charge in [-0.25, -0.2) is 8.42 Å². The number of hydrogen-bond donors (Lipinski definition) is 1. The molecule has 20 heavy (non-hydrogen) atoms. The van der Waals surface area contributed by atoms with Crippen LogP contribution in [-0.4, -0.2) is 40.3 Å². The predicted molar refractivity (Wildman–Crippen MR) is 83.1 cm³/mol. The first-order valence-electron chi connectivity index (χ1n) is 7.30. The normalized spacial score (nSPS) is 20.1. The average Bonchev–Trinajstić information content (AvgIpc) is 2.45. The van der Waals surface area contributed by atoms with Crippen molar-refractivity contribution in [1.82, 2.24) is 5.32 Å². The highest BCUT2D eigenvalue weighted by molar-refractivity contribution is 7.90. The smallest absolute Gasteiger partial charge is 0.175 e. The van der Waals surface area contributed by atoms with Crippen LogP contribution in [0.5, 0.6) is 0 Å². The fourth-order valence-corrected chi connectivity index (χ4v) is 3.38. The lowest BCUT2D eigenvalue weighted by molar-refractivity contribution is 0.439. The van der Waals surface area contributed by atoms with Gasteiger partial charge >= 0.3 is 0 Å². The van der Waals surface area contributed by atoms with Crippen LogP contribution < -0.4 is 10.2 Å². The van der Waals surface area contributed by atoms with Crippen molar-refractivity contribution < 1.29 is 8.42 Å². The zero-order valence-electron chi connectivity index (χ0n) is 12.3. The minimum atomic E-state index is -3.11. The molecule has 0 aromatic heterocycles. The first-order valence-corrected chi connectivity index (χ1v) is 9.19. The third-order valence-corrected chi connectivity index (χ3v) is 4.98. The number of benzene rings is 1. The van der Waals surface area contributed by atoms with Crippen LogP contribution in [0.3, 0.4) is 0 Å². The fraction of sp³-hybridized carbons (Fsp3) is 0.600. The molecule has 1 atom stereocenters. The van der Waals surface area contributed by atoms with E-state index >= 15 is 0 Å². The Morgan fingerprint density at radius 3 is 2.55 bits per heavy atom. The van der Waals surface area contributed by atoms with Crippen LogP contribution in [0.15, 0.2) is 29.2 Å². The number of hydrogen-bond acceptors (Lipinski definition) is 4. The Hall–Kier alpha value is -1.07. The number of nitrogens with one attached hydrogen (secondary N) is 1. The lowest BCUT2D eigenvalue weighted by Crippen LogP contribution is -2.45. The molecule has 1 aliphatic rings. The maximum Gasteiger partial charge on any atom is 0.175 e. The molecule has 1 N–H and O–H groups in total. The highest BCUT2D eigenvalue weighted by Gasteiger charge is 2.22. The maximum atomic E-state index is 11.5. The minimum absolute atomic E-state index is 0.390. The van der Waals surface area contributed by atoms with Crippen LogP contribution >= 0.6 is 0 Å². The highest BCUT2D eigenvalue weighted by Crippen LogP contribution is 2.25. The number of nitrogens with zero attached hydrogens (tertiary/aromatic N) is 1. The standard InChI is InChI=1S/C15H24N2O2S/c1-3-16-12-14-6-4-5-11-17(14)13-7-9-15(10-8-13)20(2,18)19/h7-10,14,16H,3-6,11-12H2,1-2H3. The van der Waals surface area contributed by atoms with E-state index in [2.05, 4.69) is 17.1 Å². The summed E-state index contributed by atoms with van der Waals surface area (Å²) in [5.41, 5.74) is 1.13. The third-order valence-electron chi connectivity index (χ3n) is 3.85. The van der Waals surface area contributed by atoms with Gasteiger partial charge in [-0.3, -0.25) is 0 Å². The molecule has 1 heterocycles. The second kappa shape index (κ2) is 6.59. The molecular formula is C15H24N2O2S. The van der Waals surface area contributed by atoms with Gasteiger partial charge in [0, 0.05) is 31.1 Å². The molecule has 0 bridgehead atoms. The van der Waals surface area contributed by atoms with Crippen LogP contribution in [0.4, 0.5) is 5.69 Å². The molecule has 0 radical (unpaired) electrons. The molecule has 4 nitrogen and oxygen atoms in total. The van der Waals surface area contributed by atoms with E-state index in [1.165, 1.54) is 25.5 Å². The van der Waals surface area contributed by atoms with Crippen molar-refractivity contribution in [2.75, 3.05) is 30.8 Å². The summed E-state index contributed by atoms with van der Waals surface area (Å²) in [6.07, 6.45) is 4.92. The van der Waals surface area contributed by atoms with Crippen molar-refractivity contribution in [1.29, 1.82) is 0 Å². The number of piperidine rings is 1. The van der Waals surface area contributed by atoms with E-state index in [9.17, 15) is 8.42 Å². The van der Waals surface area contributed by atoms with Gasteiger partial charge in [-0.2, -0.15) is 0 Å². The monoisotopic (exact) mass is 296 g/mol. The SMILES string of the molecule is CCNCC1CCCCN1c1ccc(S(C)(=O)=O)cc1. The lowest BCUT2D eigenvalue weighted by Gasteiger charge is -2.37. The van der Waals surface area contributed by atoms with Crippen LogP contribution in [0.2, 0.25) is 0 Å². The summed E-state index contributed by atoms with van der Waals surface area (Å²) >= 11 is 0. The van der Waals surface area contributed by atoms with E-state index < -0.39 is 9.84 Å². The molecule has 0 saturated carbocycles. The maximum absolute atomic E-state index is 11.5. The summed E-state index contributed by atoms with van der Waals surface area (Å²) in [7, 11) is -3.11. The fourth-order valence-electron chi connectivity index (χ4n) is 2.75. The van der Waals surface area contributed by atoms with Crippen molar-refractivity contribution in [2.24, 2.45) is 0 Å². The van der Waals surface area contributed by atoms with E-state index in [1.807, 2.05) is 12.1 Å². The molecule has 2 rings (SSSR count). The van der Waals surface area contributed by atoms with Crippen molar-refractivity contribution in [3.63, 3.8) is 0 Å². The van der Waals surface area contributed by atoms with E-state index in [0.717, 1.165) is 25.3 Å². The molecule has 1 aromatic carbocycles. The predicted octanol–water partition coefficient (Wildman–Crippen LogP) is 2.06. The Morgan fingerprint density at radius 2 is 1.95 bits per heavy atom. The molecule has 0 amide bonds. The zero-order valence-corrected chi connectivity index (χ0v) is 13.1. The number of sulfone groups is 1. The summed E-state index contributed by atoms with van der Waals surface area (Å²) < 4.78 is 23.0. The molecule has 1 unspecified atom stereocenters. The Balaban J connectivity index is 2.15. The molecule has 112 valence electrons. The van der Waals surface area contributed by atoms with Crippen LogP contribution in [-0.2, 0) is 9.84 Å². The second-order valence-electron chi connectivity index (χ2n) is 5.42. The van der Waals surface area contributed by atoms with Crippen molar-refractivity contribution in [2.45, 2.75) is 37.1 Å². The van der Waals surface area contributed by atoms with Gasteiger partial charge in [0.15, 0.2) is 9.84 Å². The first-order chi connectivity index (χ1) is 9.52. The molecule has 1 aromatic rings. The molecular weight excluding hydrogens is 272 g/mol. The van der Waals surface area contributed by atoms with Crippen molar-refractivity contribution in [3.05, 3.63) is 24.3 Å². The van der Waals surface area contributed by atoms with E-state index in [0.29, 0.717) is 10.9 Å². The summed E-state index contributed by atoms with van der Waals surface area (Å²) in [6.45, 7) is 5.14. The zero-order chi connectivity index (χ0) is 14.6. The molecule has 1 saturated heterocycles. The summed E-state index contributed by atoms with van der Waals surface area (Å²) in [6, 6.07) is 7.79. The van der Waals surface area contributed by atoms with Crippen LogP contribution in [0.25, 0.3) is 0 Å². The Kier molecular flexibility index (Phi) is 5.05. The first kappa shape index (κ1) is 15.3. The number of likely N-dealkylation sites (N-methyl/N-ethyl adjacent to an activating group) is 1. The van der Waals surface area contributed by atoms with Crippen LogP contribution in [0.1, 0.15) is 26.2 Å². The average molecular weight is 296 g/mol. The largest absolute Gasteiger partial charge is 0.367 e. The summed E-state index contributed by atoms with van der Waals surface area (Å²) in [5.74, 6) is 0. The van der Waals surface area contributed by atoms with Gasteiger partial charge in [0.25, 0.3) is 0 Å². The lowest BCUT2D eigenvalue weighted by atomic mass is 10.0. The van der Waals surface area contributed by atoms with Gasteiger partial charge in [0.2, 0.25) is 0 Å². The van der Waals surface area contributed by atoms with Gasteiger partial charge in [0.05, 0.1) is 4.90 Å². The second-order valence-corrected chi connectivity index (χ2v) is 7.43. The highest BCUT2D eigenvalue weighted by atomic mass is 32.2. The Labute approximate surface area is 122 Å². The number of anilines is 1. The molecule has 0 aliphatic carbocycles. The topological polar surface area (TPSA) is 49.4 Å². The Morgan fingerprint density at radius 1 is 1.25 bits per heavy atom. The number of rotatable bonds is 5. The molecule has 1 aliphatic heterocycles. The molecule has 0 spiro atoms.